The van der Waals surface area contributed by atoms with E-state index < -0.39 is 0 Å². The minimum atomic E-state index is -0.179. The maximum Gasteiger partial charge on any atom is 0.309 e. The number of unbranched alkanes of at least 4 members (excludes halogenated alkanes) is 5. The fourth-order valence-electron chi connectivity index (χ4n) is 5.17. The molecule has 0 aliphatic heterocycles. The molecule has 160 valence electrons. The normalized spacial score (nSPS) is 30.5. The van der Waals surface area contributed by atoms with Gasteiger partial charge in [0, 0.05) is 0 Å². The zero-order chi connectivity index (χ0) is 20.2. The highest BCUT2D eigenvalue weighted by molar-refractivity contribution is 5.72. The topological polar surface area (TPSA) is 50.1 Å². The Bertz CT molecular complexity index is 479. The summed E-state index contributed by atoms with van der Waals surface area (Å²) >= 11 is 0. The third-order valence-electron chi connectivity index (χ3n) is 7.31. The fourth-order valence-corrected chi connectivity index (χ4v) is 5.17. The maximum atomic E-state index is 12.6. The minimum Gasteiger partial charge on any atom is -0.462 e. The predicted molar refractivity (Wildman–Crippen MR) is 115 cm³/mol. The second-order valence-electron chi connectivity index (χ2n) is 9.55. The van der Waals surface area contributed by atoms with E-state index in [1.165, 1.54) is 51.4 Å². The van der Waals surface area contributed by atoms with E-state index in [0.29, 0.717) is 0 Å². The van der Waals surface area contributed by atoms with Crippen LogP contribution in [0.5, 0.6) is 0 Å². The molecule has 28 heavy (non-hydrogen) atoms. The van der Waals surface area contributed by atoms with Gasteiger partial charge in [0.05, 0.1) is 17.4 Å². The van der Waals surface area contributed by atoms with Crippen molar-refractivity contribution >= 4 is 5.97 Å². The molecule has 2 rings (SSSR count). The van der Waals surface area contributed by atoms with Gasteiger partial charge >= 0.3 is 5.97 Å². The first-order chi connectivity index (χ1) is 13.6. The van der Waals surface area contributed by atoms with Gasteiger partial charge in [-0.2, -0.15) is 5.26 Å². The van der Waals surface area contributed by atoms with Gasteiger partial charge in [0.2, 0.25) is 0 Å². The number of carbonyl (C=O) groups is 1. The van der Waals surface area contributed by atoms with Crippen molar-refractivity contribution in [3.8, 4) is 6.07 Å². The van der Waals surface area contributed by atoms with Gasteiger partial charge in [-0.3, -0.25) is 4.79 Å². The van der Waals surface area contributed by atoms with Crippen LogP contribution in [0.3, 0.4) is 0 Å². The Morgan fingerprint density at radius 2 is 1.57 bits per heavy atom. The van der Waals surface area contributed by atoms with Gasteiger partial charge in [-0.25, -0.2) is 0 Å². The second-order valence-corrected chi connectivity index (χ2v) is 9.55. The average Bonchev–Trinajstić information content (AvgIpc) is 2.73. The minimum absolute atomic E-state index is 0.0186. The molecule has 2 aliphatic carbocycles. The summed E-state index contributed by atoms with van der Waals surface area (Å²) in [6.45, 7) is 4.44. The Morgan fingerprint density at radius 3 is 2.18 bits per heavy atom. The molecule has 0 N–H and O–H groups in total. The zero-order valence-corrected chi connectivity index (χ0v) is 18.5. The number of ether oxygens (including phenoxy) is 1. The lowest BCUT2D eigenvalue weighted by molar-refractivity contribution is -0.157. The summed E-state index contributed by atoms with van der Waals surface area (Å²) < 4.78 is 5.90. The first-order valence-electron chi connectivity index (χ1n) is 12.2. The summed E-state index contributed by atoms with van der Waals surface area (Å²) in [5.74, 6) is 0.894. The van der Waals surface area contributed by atoms with Crippen molar-refractivity contribution in [3.63, 3.8) is 0 Å². The molecule has 0 aromatic heterocycles. The lowest BCUT2D eigenvalue weighted by Gasteiger charge is -2.35. The van der Waals surface area contributed by atoms with Crippen molar-refractivity contribution in [1.29, 1.82) is 5.26 Å². The van der Waals surface area contributed by atoms with Crippen LogP contribution in [0.15, 0.2) is 0 Å². The molecule has 0 atom stereocenters. The molecule has 0 heterocycles. The van der Waals surface area contributed by atoms with Gasteiger partial charge in [0.1, 0.15) is 6.10 Å². The van der Waals surface area contributed by atoms with Gasteiger partial charge in [-0.05, 0) is 63.7 Å². The summed E-state index contributed by atoms with van der Waals surface area (Å²) in [5, 5.41) is 9.62. The first kappa shape index (κ1) is 23.2. The molecular weight excluding hydrogens is 346 g/mol. The van der Waals surface area contributed by atoms with E-state index in [-0.39, 0.29) is 23.4 Å². The molecule has 2 saturated carbocycles. The average molecular weight is 390 g/mol. The molecule has 0 radical (unpaired) electrons. The number of carbonyl (C=O) groups excluding carboxylic acids is 1. The van der Waals surface area contributed by atoms with Crippen LogP contribution >= 0.6 is 0 Å². The highest BCUT2D eigenvalue weighted by Gasteiger charge is 2.38. The zero-order valence-electron chi connectivity index (χ0n) is 18.5. The number of hydrogen-bond donors (Lipinski definition) is 0. The van der Waals surface area contributed by atoms with Crippen molar-refractivity contribution in [2.75, 3.05) is 0 Å². The second kappa shape index (κ2) is 12.5. The Balaban J connectivity index is 1.63. The summed E-state index contributed by atoms with van der Waals surface area (Å²) in [6, 6.07) is 2.57. The standard InChI is InChI=1S/C25H43NO2/c1-3-5-7-8-9-10-21-11-13-23(14-12-21)28-24(27)22-15-18-25(20-26,19-16-22)17-6-4-2/h21-23H,3-19H2,1-2H3. The largest absolute Gasteiger partial charge is 0.462 e. The SMILES string of the molecule is CCCCCCCC1CCC(OC(=O)C2CCC(C#N)(CCCC)CC2)CC1. The summed E-state index contributed by atoms with van der Waals surface area (Å²) in [7, 11) is 0. The Labute approximate surface area is 173 Å². The molecule has 3 heteroatoms. The number of hydrogen-bond acceptors (Lipinski definition) is 3. The third kappa shape index (κ3) is 7.41. The molecule has 3 nitrogen and oxygen atoms in total. The summed E-state index contributed by atoms with van der Waals surface area (Å²) in [6.07, 6.45) is 19.5. The van der Waals surface area contributed by atoms with Crippen LogP contribution in [0, 0.1) is 28.6 Å². The first-order valence-corrected chi connectivity index (χ1v) is 12.2. The van der Waals surface area contributed by atoms with Crippen LogP contribution in [-0.2, 0) is 9.53 Å². The van der Waals surface area contributed by atoms with Gasteiger partial charge in [0.25, 0.3) is 0 Å². The van der Waals surface area contributed by atoms with Gasteiger partial charge in [-0.1, -0.05) is 65.2 Å². The van der Waals surface area contributed by atoms with Crippen LogP contribution in [-0.4, -0.2) is 12.1 Å². The monoisotopic (exact) mass is 389 g/mol. The molecule has 0 aromatic carbocycles. The molecule has 0 unspecified atom stereocenters. The molecule has 0 bridgehead atoms. The van der Waals surface area contributed by atoms with Gasteiger partial charge < -0.3 is 4.74 Å². The Morgan fingerprint density at radius 1 is 0.929 bits per heavy atom. The van der Waals surface area contributed by atoms with E-state index in [1.54, 1.807) is 0 Å². The molecular formula is C25H43NO2. The van der Waals surface area contributed by atoms with Crippen LogP contribution in [0.4, 0.5) is 0 Å². The molecule has 0 amide bonds. The smallest absolute Gasteiger partial charge is 0.309 e. The number of nitrogens with zero attached hydrogens (tertiary/aromatic N) is 1. The van der Waals surface area contributed by atoms with E-state index in [2.05, 4.69) is 19.9 Å². The molecule has 0 spiro atoms. The quantitative estimate of drug-likeness (QED) is 0.274. The number of esters is 1. The van der Waals surface area contributed by atoms with Crippen molar-refractivity contribution in [2.45, 2.75) is 129 Å². The van der Waals surface area contributed by atoms with Crippen LogP contribution in [0.1, 0.15) is 123 Å². The van der Waals surface area contributed by atoms with Crippen LogP contribution in [0.25, 0.3) is 0 Å². The molecule has 2 fully saturated rings. The number of rotatable bonds is 11. The summed E-state index contributed by atoms with van der Waals surface area (Å²) in [4.78, 5) is 12.6. The van der Waals surface area contributed by atoms with Crippen molar-refractivity contribution in [2.24, 2.45) is 17.3 Å². The predicted octanol–water partition coefficient (Wildman–Crippen LogP) is 7.34. The molecule has 0 saturated heterocycles. The number of nitriles is 1. The lowest BCUT2D eigenvalue weighted by atomic mass is 9.69. The molecule has 0 aromatic rings. The van der Waals surface area contributed by atoms with E-state index in [0.717, 1.165) is 63.7 Å². The van der Waals surface area contributed by atoms with Gasteiger partial charge in [-0.15, -0.1) is 0 Å². The Kier molecular flexibility index (Phi) is 10.4. The Hall–Kier alpha value is -1.04. The van der Waals surface area contributed by atoms with E-state index in [9.17, 15) is 10.1 Å². The van der Waals surface area contributed by atoms with Crippen LogP contribution in [0.2, 0.25) is 0 Å². The van der Waals surface area contributed by atoms with E-state index in [4.69, 9.17) is 4.74 Å². The van der Waals surface area contributed by atoms with Crippen LogP contribution < -0.4 is 0 Å². The van der Waals surface area contributed by atoms with E-state index in [1.807, 2.05) is 0 Å². The summed E-state index contributed by atoms with van der Waals surface area (Å²) in [5.41, 5.74) is -0.179. The lowest BCUT2D eigenvalue weighted by Crippen LogP contribution is -2.33. The van der Waals surface area contributed by atoms with Crippen molar-refractivity contribution in [1.82, 2.24) is 0 Å². The fraction of sp³-hybridized carbons (Fsp3) is 0.920. The highest BCUT2D eigenvalue weighted by atomic mass is 16.5. The van der Waals surface area contributed by atoms with Crippen molar-refractivity contribution in [3.05, 3.63) is 0 Å². The maximum absolute atomic E-state index is 12.6. The highest BCUT2D eigenvalue weighted by Crippen LogP contribution is 2.43. The van der Waals surface area contributed by atoms with Gasteiger partial charge in [0.15, 0.2) is 0 Å². The van der Waals surface area contributed by atoms with Crippen molar-refractivity contribution < 1.29 is 9.53 Å². The molecule has 2 aliphatic rings. The third-order valence-corrected chi connectivity index (χ3v) is 7.31. The van der Waals surface area contributed by atoms with E-state index >= 15 is 0 Å².